The highest BCUT2D eigenvalue weighted by atomic mass is 32.2. The first kappa shape index (κ1) is 31.2. The fraction of sp³-hybridized carbons (Fsp3) is 0.368. The molecule has 0 unspecified atom stereocenters. The molecule has 0 radical (unpaired) electrons. The lowest BCUT2D eigenvalue weighted by atomic mass is 9.80. The van der Waals surface area contributed by atoms with Crippen LogP contribution in [0.15, 0.2) is 91.4 Å². The van der Waals surface area contributed by atoms with Crippen molar-refractivity contribution in [3.63, 3.8) is 0 Å². The third kappa shape index (κ3) is 5.72. The fourth-order valence-electron chi connectivity index (χ4n) is 6.92. The van der Waals surface area contributed by atoms with E-state index in [0.29, 0.717) is 0 Å². The molecule has 6 rings (SSSR count). The van der Waals surface area contributed by atoms with Crippen LogP contribution in [0.2, 0.25) is 0 Å². The van der Waals surface area contributed by atoms with Crippen LogP contribution in [-0.4, -0.2) is 28.4 Å². The maximum atomic E-state index is 13.7. The second-order valence-electron chi connectivity index (χ2n) is 12.3. The standard InChI is InChI=1S/C38H45N3O3S/c1-5-8-23-39-26-32(29-17-11-14-20-35(29)39)38(44-45(4,42)43,33-27-40(24-9-6-2)36-21-15-12-18-30(33)36)34-28-41(25-10-7-3)37-22-16-13-19-31(34)37/h11-22,26-28H,5-10,23-25H2,1-4H3. The molecule has 0 aliphatic carbocycles. The van der Waals surface area contributed by atoms with Crippen molar-refractivity contribution in [3.8, 4) is 0 Å². The maximum absolute atomic E-state index is 13.7. The SMILES string of the molecule is CCCCn1cc(C(OS(C)(=O)=O)(c2cn(CCCC)c3ccccc23)c2cn(CCCC)c3ccccc23)c2ccccc21. The van der Waals surface area contributed by atoms with Gasteiger partial charge in [-0.3, -0.25) is 0 Å². The zero-order valence-corrected chi connectivity index (χ0v) is 27.8. The molecule has 0 amide bonds. The lowest BCUT2D eigenvalue weighted by molar-refractivity contribution is 0.170. The van der Waals surface area contributed by atoms with Crippen LogP contribution in [0.3, 0.4) is 0 Å². The summed E-state index contributed by atoms with van der Waals surface area (Å²) in [4.78, 5) is 0. The van der Waals surface area contributed by atoms with Gasteiger partial charge in [-0.15, -0.1) is 0 Å². The van der Waals surface area contributed by atoms with Crippen molar-refractivity contribution >= 4 is 42.8 Å². The van der Waals surface area contributed by atoms with Crippen molar-refractivity contribution in [2.24, 2.45) is 0 Å². The second-order valence-corrected chi connectivity index (χ2v) is 13.9. The van der Waals surface area contributed by atoms with Crippen molar-refractivity contribution in [1.29, 1.82) is 0 Å². The lowest BCUT2D eigenvalue weighted by Gasteiger charge is -2.33. The number of aryl methyl sites for hydroxylation is 3. The highest BCUT2D eigenvalue weighted by Crippen LogP contribution is 2.50. The highest BCUT2D eigenvalue weighted by Gasteiger charge is 2.47. The summed E-state index contributed by atoms with van der Waals surface area (Å²) in [7, 11) is -3.98. The molecule has 0 atom stereocenters. The molecular weight excluding hydrogens is 579 g/mol. The van der Waals surface area contributed by atoms with Gasteiger partial charge >= 0.3 is 0 Å². The highest BCUT2D eigenvalue weighted by molar-refractivity contribution is 7.86. The van der Waals surface area contributed by atoms with Gasteiger partial charge in [0, 0.05) is 87.6 Å². The molecule has 3 aromatic heterocycles. The summed E-state index contributed by atoms with van der Waals surface area (Å²) in [6, 6.07) is 25.0. The molecule has 0 spiro atoms. The molecule has 0 bridgehead atoms. The molecule has 236 valence electrons. The number of fused-ring (bicyclic) bond motifs is 3. The number of aromatic nitrogens is 3. The minimum atomic E-state index is -3.98. The first-order chi connectivity index (χ1) is 21.8. The van der Waals surface area contributed by atoms with Crippen LogP contribution in [0.4, 0.5) is 0 Å². The van der Waals surface area contributed by atoms with E-state index in [2.05, 4.69) is 108 Å². The van der Waals surface area contributed by atoms with Crippen molar-refractivity contribution in [2.45, 2.75) is 84.5 Å². The molecular formula is C38H45N3O3S. The molecule has 0 saturated heterocycles. The molecule has 45 heavy (non-hydrogen) atoms. The van der Waals surface area contributed by atoms with E-state index >= 15 is 0 Å². The molecule has 6 nitrogen and oxygen atoms in total. The number of rotatable bonds is 14. The zero-order chi connectivity index (χ0) is 31.6. The smallest absolute Gasteiger partial charge is 0.265 e. The number of hydrogen-bond donors (Lipinski definition) is 0. The molecule has 3 aromatic carbocycles. The van der Waals surface area contributed by atoms with Gasteiger partial charge in [0.2, 0.25) is 0 Å². The number of benzene rings is 3. The number of unbranched alkanes of at least 4 members (excludes halogenated alkanes) is 3. The van der Waals surface area contributed by atoms with Gasteiger partial charge < -0.3 is 13.7 Å². The Bertz CT molecular complexity index is 1840. The summed E-state index contributed by atoms with van der Waals surface area (Å²) in [5.74, 6) is 0. The van der Waals surface area contributed by atoms with Gasteiger partial charge in [0.1, 0.15) is 0 Å². The topological polar surface area (TPSA) is 58.2 Å². The quantitative estimate of drug-likeness (QED) is 0.114. The van der Waals surface area contributed by atoms with Gasteiger partial charge in [-0.25, -0.2) is 4.18 Å². The summed E-state index contributed by atoms with van der Waals surface area (Å²) >= 11 is 0. The normalized spacial score (nSPS) is 12.6. The van der Waals surface area contributed by atoms with Crippen LogP contribution in [0, 0.1) is 0 Å². The number of para-hydroxylation sites is 3. The Labute approximate surface area is 267 Å². The average Bonchev–Trinajstić information content (AvgIpc) is 3.73. The second kappa shape index (κ2) is 12.9. The molecule has 3 heterocycles. The number of hydrogen-bond acceptors (Lipinski definition) is 3. The Hall–Kier alpha value is -3.81. The van der Waals surface area contributed by atoms with E-state index in [0.717, 1.165) is 108 Å². The third-order valence-corrected chi connectivity index (χ3v) is 9.59. The van der Waals surface area contributed by atoms with E-state index in [4.69, 9.17) is 4.18 Å². The predicted octanol–water partition coefficient (Wildman–Crippen LogP) is 9.22. The minimum Gasteiger partial charge on any atom is -0.347 e. The Morgan fingerprint density at radius 1 is 0.556 bits per heavy atom. The van der Waals surface area contributed by atoms with Crippen LogP contribution in [0.1, 0.15) is 76.0 Å². The van der Waals surface area contributed by atoms with Crippen LogP contribution >= 0.6 is 0 Å². The zero-order valence-electron chi connectivity index (χ0n) is 27.0. The van der Waals surface area contributed by atoms with E-state index in [-0.39, 0.29) is 0 Å². The van der Waals surface area contributed by atoms with Crippen molar-refractivity contribution in [3.05, 3.63) is 108 Å². The third-order valence-electron chi connectivity index (χ3n) is 9.04. The summed E-state index contributed by atoms with van der Waals surface area (Å²) in [5.41, 5.74) is 4.31. The van der Waals surface area contributed by atoms with E-state index in [1.807, 2.05) is 18.2 Å². The Morgan fingerprint density at radius 3 is 1.16 bits per heavy atom. The lowest BCUT2D eigenvalue weighted by Crippen LogP contribution is -2.35. The van der Waals surface area contributed by atoms with Crippen molar-refractivity contribution < 1.29 is 12.6 Å². The first-order valence-corrected chi connectivity index (χ1v) is 18.3. The molecule has 6 aromatic rings. The van der Waals surface area contributed by atoms with Crippen LogP contribution < -0.4 is 0 Å². The molecule has 0 aliphatic rings. The van der Waals surface area contributed by atoms with E-state index in [1.54, 1.807) is 0 Å². The summed E-state index contributed by atoms with van der Waals surface area (Å²) in [5, 5.41) is 2.98. The average molecular weight is 624 g/mol. The minimum absolute atomic E-state index is 0.836. The van der Waals surface area contributed by atoms with Gasteiger partial charge in [0.25, 0.3) is 10.1 Å². The Balaban J connectivity index is 1.80. The van der Waals surface area contributed by atoms with E-state index in [9.17, 15) is 8.42 Å². The molecule has 0 aliphatic heterocycles. The maximum Gasteiger partial charge on any atom is 0.265 e. The monoisotopic (exact) mass is 623 g/mol. The van der Waals surface area contributed by atoms with Crippen LogP contribution in [0.25, 0.3) is 32.7 Å². The number of nitrogens with zero attached hydrogens (tertiary/aromatic N) is 3. The summed E-state index contributed by atoms with van der Waals surface area (Å²) < 4.78 is 40.9. The Kier molecular flexibility index (Phi) is 8.94. The summed E-state index contributed by atoms with van der Waals surface area (Å²) in [6.07, 6.45) is 13.9. The van der Waals surface area contributed by atoms with Crippen molar-refractivity contribution in [1.82, 2.24) is 13.7 Å². The molecule has 0 saturated carbocycles. The van der Waals surface area contributed by atoms with Gasteiger partial charge in [-0.2, -0.15) is 8.42 Å². The van der Waals surface area contributed by atoms with Gasteiger partial charge in [-0.1, -0.05) is 94.6 Å². The largest absolute Gasteiger partial charge is 0.347 e. The van der Waals surface area contributed by atoms with Gasteiger partial charge in [0.05, 0.1) is 6.26 Å². The van der Waals surface area contributed by atoms with Crippen molar-refractivity contribution in [2.75, 3.05) is 6.26 Å². The van der Waals surface area contributed by atoms with E-state index in [1.165, 1.54) is 6.26 Å². The molecule has 7 heteroatoms. The van der Waals surface area contributed by atoms with Crippen LogP contribution in [0.5, 0.6) is 0 Å². The molecule has 0 fully saturated rings. The van der Waals surface area contributed by atoms with Crippen LogP contribution in [-0.2, 0) is 39.5 Å². The van der Waals surface area contributed by atoms with Gasteiger partial charge in [0.15, 0.2) is 5.60 Å². The fourth-order valence-corrected chi connectivity index (χ4v) is 7.64. The predicted molar refractivity (Wildman–Crippen MR) is 186 cm³/mol. The Morgan fingerprint density at radius 2 is 0.867 bits per heavy atom. The van der Waals surface area contributed by atoms with Gasteiger partial charge in [-0.05, 0) is 37.5 Å². The molecule has 0 N–H and O–H groups in total. The first-order valence-electron chi connectivity index (χ1n) is 16.5. The van der Waals surface area contributed by atoms with E-state index < -0.39 is 15.7 Å². The summed E-state index contributed by atoms with van der Waals surface area (Å²) in [6.45, 7) is 9.09.